The zero-order valence-electron chi connectivity index (χ0n) is 8.33. The highest BCUT2D eigenvalue weighted by atomic mass is 15.0. The van der Waals surface area contributed by atoms with Crippen molar-refractivity contribution in [2.75, 3.05) is 0 Å². The van der Waals surface area contributed by atoms with Gasteiger partial charge in [0.2, 0.25) is 0 Å². The van der Waals surface area contributed by atoms with Crippen LogP contribution in [0, 0.1) is 13.8 Å². The van der Waals surface area contributed by atoms with Crippen LogP contribution in [-0.2, 0) is 6.42 Å². The molecule has 0 spiro atoms. The van der Waals surface area contributed by atoms with Crippen molar-refractivity contribution in [1.29, 1.82) is 0 Å². The standard InChI is InChI=1S/C11H14N2/c1-4-10-5-6-13-9(3)8(2)12-11(13)7-10/h5-7H,4H2,1-3H3. The first-order valence-electron chi connectivity index (χ1n) is 4.66. The van der Waals surface area contributed by atoms with Crippen LogP contribution in [0.15, 0.2) is 18.3 Å². The lowest BCUT2D eigenvalue weighted by atomic mass is 10.2. The van der Waals surface area contributed by atoms with E-state index in [-0.39, 0.29) is 0 Å². The Hall–Kier alpha value is -1.31. The second-order valence-corrected chi connectivity index (χ2v) is 3.40. The van der Waals surface area contributed by atoms with Gasteiger partial charge in [-0.05, 0) is 38.0 Å². The Morgan fingerprint density at radius 1 is 1.38 bits per heavy atom. The van der Waals surface area contributed by atoms with E-state index >= 15 is 0 Å². The first-order chi connectivity index (χ1) is 6.22. The summed E-state index contributed by atoms with van der Waals surface area (Å²) in [6.07, 6.45) is 3.17. The smallest absolute Gasteiger partial charge is 0.137 e. The van der Waals surface area contributed by atoms with Crippen molar-refractivity contribution in [3.05, 3.63) is 35.3 Å². The third-order valence-corrected chi connectivity index (χ3v) is 2.57. The highest BCUT2D eigenvalue weighted by Crippen LogP contribution is 2.12. The molecule has 2 aromatic rings. The van der Waals surface area contributed by atoms with Crippen LogP contribution in [0.1, 0.15) is 23.9 Å². The van der Waals surface area contributed by atoms with Crippen LogP contribution in [0.2, 0.25) is 0 Å². The van der Waals surface area contributed by atoms with E-state index in [2.05, 4.69) is 41.6 Å². The third kappa shape index (κ3) is 1.22. The van der Waals surface area contributed by atoms with Gasteiger partial charge in [0.05, 0.1) is 5.69 Å². The van der Waals surface area contributed by atoms with Crippen LogP contribution in [0.4, 0.5) is 0 Å². The molecule has 0 saturated carbocycles. The average Bonchev–Trinajstić information content (AvgIpc) is 2.42. The van der Waals surface area contributed by atoms with E-state index in [1.807, 2.05) is 6.92 Å². The van der Waals surface area contributed by atoms with E-state index in [0.29, 0.717) is 0 Å². The molecule has 2 heteroatoms. The van der Waals surface area contributed by atoms with Gasteiger partial charge in [-0.1, -0.05) is 6.92 Å². The number of nitrogens with zero attached hydrogens (tertiary/aromatic N) is 2. The van der Waals surface area contributed by atoms with E-state index in [1.54, 1.807) is 0 Å². The summed E-state index contributed by atoms with van der Waals surface area (Å²) >= 11 is 0. The molecule has 0 atom stereocenters. The zero-order chi connectivity index (χ0) is 9.42. The van der Waals surface area contributed by atoms with Crippen LogP contribution < -0.4 is 0 Å². The predicted octanol–water partition coefficient (Wildman–Crippen LogP) is 2.51. The van der Waals surface area contributed by atoms with Gasteiger partial charge in [0, 0.05) is 11.9 Å². The quantitative estimate of drug-likeness (QED) is 0.649. The molecule has 0 aliphatic rings. The van der Waals surface area contributed by atoms with Gasteiger partial charge in [-0.2, -0.15) is 0 Å². The summed E-state index contributed by atoms with van der Waals surface area (Å²) in [5, 5.41) is 0. The van der Waals surface area contributed by atoms with Crippen molar-refractivity contribution >= 4 is 5.65 Å². The van der Waals surface area contributed by atoms with Gasteiger partial charge in [-0.3, -0.25) is 0 Å². The Bertz CT molecular complexity index is 441. The first-order valence-corrected chi connectivity index (χ1v) is 4.66. The number of fused-ring (bicyclic) bond motifs is 1. The van der Waals surface area contributed by atoms with Crippen molar-refractivity contribution in [3.63, 3.8) is 0 Å². The van der Waals surface area contributed by atoms with E-state index in [4.69, 9.17) is 0 Å². The van der Waals surface area contributed by atoms with Crippen LogP contribution in [-0.4, -0.2) is 9.38 Å². The van der Waals surface area contributed by atoms with E-state index in [9.17, 15) is 0 Å². The normalized spacial score (nSPS) is 11.0. The number of aromatic nitrogens is 2. The van der Waals surface area contributed by atoms with E-state index < -0.39 is 0 Å². The second kappa shape index (κ2) is 2.87. The van der Waals surface area contributed by atoms with Gasteiger partial charge in [-0.25, -0.2) is 4.98 Å². The van der Waals surface area contributed by atoms with Crippen molar-refractivity contribution < 1.29 is 0 Å². The van der Waals surface area contributed by atoms with Gasteiger partial charge in [-0.15, -0.1) is 0 Å². The molecule has 2 aromatic heterocycles. The van der Waals surface area contributed by atoms with Gasteiger partial charge in [0.15, 0.2) is 0 Å². The maximum Gasteiger partial charge on any atom is 0.137 e. The van der Waals surface area contributed by atoms with Crippen LogP contribution in [0.5, 0.6) is 0 Å². The number of aryl methyl sites for hydroxylation is 3. The molecule has 68 valence electrons. The topological polar surface area (TPSA) is 17.3 Å². The molecule has 2 rings (SSSR count). The zero-order valence-corrected chi connectivity index (χ0v) is 8.33. The lowest BCUT2D eigenvalue weighted by molar-refractivity contribution is 1.06. The van der Waals surface area contributed by atoms with Crippen molar-refractivity contribution in [1.82, 2.24) is 9.38 Å². The number of hydrogen-bond donors (Lipinski definition) is 0. The summed E-state index contributed by atoms with van der Waals surface area (Å²) in [7, 11) is 0. The second-order valence-electron chi connectivity index (χ2n) is 3.40. The molecule has 0 bridgehead atoms. The number of rotatable bonds is 1. The summed E-state index contributed by atoms with van der Waals surface area (Å²) < 4.78 is 2.13. The van der Waals surface area contributed by atoms with Crippen molar-refractivity contribution in [2.45, 2.75) is 27.2 Å². The summed E-state index contributed by atoms with van der Waals surface area (Å²) in [5.74, 6) is 0. The molecular weight excluding hydrogens is 160 g/mol. The van der Waals surface area contributed by atoms with Gasteiger partial charge in [0.1, 0.15) is 5.65 Å². The predicted molar refractivity (Wildman–Crippen MR) is 54.0 cm³/mol. The van der Waals surface area contributed by atoms with Crippen LogP contribution in [0.3, 0.4) is 0 Å². The largest absolute Gasteiger partial charge is 0.304 e. The molecule has 0 amide bonds. The van der Waals surface area contributed by atoms with Crippen LogP contribution >= 0.6 is 0 Å². The molecule has 13 heavy (non-hydrogen) atoms. The molecule has 0 unspecified atom stereocenters. The Morgan fingerprint density at radius 2 is 2.15 bits per heavy atom. The minimum absolute atomic E-state index is 1.06. The molecule has 2 nitrogen and oxygen atoms in total. The highest BCUT2D eigenvalue weighted by Gasteiger charge is 2.03. The summed E-state index contributed by atoms with van der Waals surface area (Å²) in [6, 6.07) is 4.31. The number of imidazole rings is 1. The lowest BCUT2D eigenvalue weighted by Crippen LogP contribution is -1.89. The van der Waals surface area contributed by atoms with E-state index in [1.165, 1.54) is 11.3 Å². The van der Waals surface area contributed by atoms with Crippen molar-refractivity contribution in [2.24, 2.45) is 0 Å². The minimum atomic E-state index is 1.06. The fourth-order valence-corrected chi connectivity index (χ4v) is 1.55. The molecule has 0 fully saturated rings. The first kappa shape index (κ1) is 8.30. The molecule has 0 radical (unpaired) electrons. The fourth-order valence-electron chi connectivity index (χ4n) is 1.55. The third-order valence-electron chi connectivity index (χ3n) is 2.57. The molecule has 0 N–H and O–H groups in total. The monoisotopic (exact) mass is 174 g/mol. The summed E-state index contributed by atoms with van der Waals surface area (Å²) in [6.45, 7) is 6.31. The molecule has 0 saturated heterocycles. The summed E-state index contributed by atoms with van der Waals surface area (Å²) in [5.41, 5.74) is 4.76. The Kier molecular flexibility index (Phi) is 1.83. The Morgan fingerprint density at radius 3 is 2.85 bits per heavy atom. The van der Waals surface area contributed by atoms with Crippen LogP contribution in [0.25, 0.3) is 5.65 Å². The van der Waals surface area contributed by atoms with Gasteiger partial charge < -0.3 is 4.40 Å². The number of pyridine rings is 1. The molecular formula is C11H14N2. The Balaban J connectivity index is 2.73. The maximum atomic E-state index is 4.48. The SMILES string of the molecule is CCc1ccn2c(C)c(C)nc2c1. The lowest BCUT2D eigenvalue weighted by Gasteiger charge is -1.98. The summed E-state index contributed by atoms with van der Waals surface area (Å²) in [4.78, 5) is 4.48. The van der Waals surface area contributed by atoms with Crippen molar-refractivity contribution in [3.8, 4) is 0 Å². The minimum Gasteiger partial charge on any atom is -0.304 e. The molecule has 0 aromatic carbocycles. The fraction of sp³-hybridized carbons (Fsp3) is 0.364. The van der Waals surface area contributed by atoms with E-state index in [0.717, 1.165) is 17.8 Å². The van der Waals surface area contributed by atoms with Gasteiger partial charge >= 0.3 is 0 Å². The molecule has 2 heterocycles. The average molecular weight is 174 g/mol. The Labute approximate surface area is 78.2 Å². The number of hydrogen-bond acceptors (Lipinski definition) is 1. The molecule has 0 aliphatic heterocycles. The maximum absolute atomic E-state index is 4.48. The molecule has 0 aliphatic carbocycles. The highest BCUT2D eigenvalue weighted by molar-refractivity contribution is 5.45. The van der Waals surface area contributed by atoms with Gasteiger partial charge in [0.25, 0.3) is 0 Å².